The summed E-state index contributed by atoms with van der Waals surface area (Å²) < 4.78 is 5.75. The van der Waals surface area contributed by atoms with Crippen molar-refractivity contribution < 1.29 is 14.3 Å². The lowest BCUT2D eigenvalue weighted by atomic mass is 9.94. The van der Waals surface area contributed by atoms with Crippen molar-refractivity contribution in [3.63, 3.8) is 0 Å². The molecule has 2 saturated carbocycles. The standard InChI is InChI=1S/C23H33ClN2O3/c1-2-3-15-29-20-13-9-17(10-14-20)22(26(19-11-12-19)21(27)16-24)23(28)25-18-7-5-4-6-8-18/h9-10,13-14,18-19,22H,2-8,11-12,15-16H2,1H3,(H,25,28)/t22-/m1/s1. The van der Waals surface area contributed by atoms with Crippen molar-refractivity contribution in [2.45, 2.75) is 82.8 Å². The molecule has 5 nitrogen and oxygen atoms in total. The largest absolute Gasteiger partial charge is 0.494 e. The molecule has 0 spiro atoms. The van der Waals surface area contributed by atoms with E-state index in [0.717, 1.165) is 62.7 Å². The number of rotatable bonds is 10. The molecule has 2 amide bonds. The van der Waals surface area contributed by atoms with Crippen molar-refractivity contribution in [2.24, 2.45) is 0 Å². The zero-order valence-corrected chi connectivity index (χ0v) is 18.1. The number of ether oxygens (including phenoxy) is 1. The van der Waals surface area contributed by atoms with Gasteiger partial charge in [0.05, 0.1) is 6.61 Å². The van der Waals surface area contributed by atoms with E-state index in [0.29, 0.717) is 6.61 Å². The van der Waals surface area contributed by atoms with Crippen molar-refractivity contribution in [1.82, 2.24) is 10.2 Å². The molecule has 1 N–H and O–H groups in total. The van der Waals surface area contributed by atoms with Crippen LogP contribution in [0.25, 0.3) is 0 Å². The smallest absolute Gasteiger partial charge is 0.247 e. The number of unbranched alkanes of at least 4 members (excludes halogenated alkanes) is 1. The fourth-order valence-electron chi connectivity index (χ4n) is 4.03. The van der Waals surface area contributed by atoms with Gasteiger partial charge in [0.2, 0.25) is 11.8 Å². The fourth-order valence-corrected chi connectivity index (χ4v) is 4.16. The van der Waals surface area contributed by atoms with Crippen LogP contribution in [-0.2, 0) is 9.59 Å². The average Bonchev–Trinajstić information content (AvgIpc) is 3.58. The lowest BCUT2D eigenvalue weighted by molar-refractivity contribution is -0.140. The van der Waals surface area contributed by atoms with Gasteiger partial charge in [0.1, 0.15) is 17.7 Å². The number of hydrogen-bond acceptors (Lipinski definition) is 3. The number of halogens is 1. The Bertz CT molecular complexity index is 669. The summed E-state index contributed by atoms with van der Waals surface area (Å²) in [5.74, 6) is 0.403. The second kappa shape index (κ2) is 10.9. The molecule has 2 aliphatic carbocycles. The van der Waals surface area contributed by atoms with Crippen LogP contribution < -0.4 is 10.1 Å². The molecule has 2 aliphatic rings. The number of nitrogens with zero attached hydrogens (tertiary/aromatic N) is 1. The van der Waals surface area contributed by atoms with Gasteiger partial charge < -0.3 is 15.0 Å². The molecule has 0 bridgehead atoms. The fraction of sp³-hybridized carbons (Fsp3) is 0.652. The van der Waals surface area contributed by atoms with E-state index in [-0.39, 0.29) is 29.8 Å². The number of amides is 2. The summed E-state index contributed by atoms with van der Waals surface area (Å²) in [4.78, 5) is 27.7. The number of hydrogen-bond donors (Lipinski definition) is 1. The highest BCUT2D eigenvalue weighted by atomic mass is 35.5. The van der Waals surface area contributed by atoms with Crippen molar-refractivity contribution in [1.29, 1.82) is 0 Å². The second-order valence-electron chi connectivity index (χ2n) is 8.18. The van der Waals surface area contributed by atoms with E-state index < -0.39 is 6.04 Å². The number of nitrogens with one attached hydrogen (secondary N) is 1. The molecule has 0 heterocycles. The monoisotopic (exact) mass is 420 g/mol. The normalized spacial score (nSPS) is 18.1. The third kappa shape index (κ3) is 6.11. The molecule has 0 aliphatic heterocycles. The molecule has 160 valence electrons. The molecule has 6 heteroatoms. The number of carbonyl (C=O) groups is 2. The Labute approximate surface area is 179 Å². The molecule has 3 rings (SSSR count). The van der Waals surface area contributed by atoms with Crippen LogP contribution >= 0.6 is 11.6 Å². The quantitative estimate of drug-likeness (QED) is 0.445. The van der Waals surface area contributed by atoms with E-state index in [1.54, 1.807) is 4.90 Å². The van der Waals surface area contributed by atoms with Crippen molar-refractivity contribution in [3.8, 4) is 5.75 Å². The minimum Gasteiger partial charge on any atom is -0.494 e. The topological polar surface area (TPSA) is 58.6 Å². The van der Waals surface area contributed by atoms with Gasteiger partial charge in [-0.25, -0.2) is 0 Å². The highest BCUT2D eigenvalue weighted by molar-refractivity contribution is 6.27. The zero-order valence-electron chi connectivity index (χ0n) is 17.4. The van der Waals surface area contributed by atoms with E-state index in [1.165, 1.54) is 6.42 Å². The van der Waals surface area contributed by atoms with Crippen LogP contribution in [0.3, 0.4) is 0 Å². The second-order valence-corrected chi connectivity index (χ2v) is 8.45. The third-order valence-electron chi connectivity index (χ3n) is 5.78. The summed E-state index contributed by atoms with van der Waals surface area (Å²) in [6.07, 6.45) is 9.48. The summed E-state index contributed by atoms with van der Waals surface area (Å²) in [6.45, 7) is 2.81. The molecule has 1 aromatic carbocycles. The molecule has 2 fully saturated rings. The SMILES string of the molecule is CCCCOc1ccc([C@H](C(=O)NC2CCCCC2)N(C(=O)CCl)C2CC2)cc1. The first-order valence-electron chi connectivity index (χ1n) is 11.0. The lowest BCUT2D eigenvalue weighted by Gasteiger charge is -2.33. The maximum atomic E-state index is 13.3. The summed E-state index contributed by atoms with van der Waals surface area (Å²) in [5, 5.41) is 3.21. The molecular formula is C23H33ClN2O3. The lowest BCUT2D eigenvalue weighted by Crippen LogP contribution is -2.48. The summed E-state index contributed by atoms with van der Waals surface area (Å²) in [7, 11) is 0. The number of alkyl halides is 1. The highest BCUT2D eigenvalue weighted by Gasteiger charge is 2.41. The Hall–Kier alpha value is -1.75. The minimum atomic E-state index is -0.639. The number of carbonyl (C=O) groups excluding carboxylic acids is 2. The Balaban J connectivity index is 1.79. The van der Waals surface area contributed by atoms with Gasteiger partial charge in [0, 0.05) is 12.1 Å². The zero-order chi connectivity index (χ0) is 20.6. The van der Waals surface area contributed by atoms with E-state index in [4.69, 9.17) is 16.3 Å². The highest BCUT2D eigenvalue weighted by Crippen LogP contribution is 2.36. The predicted octanol–water partition coefficient (Wildman–Crippen LogP) is 4.59. The predicted molar refractivity (Wildman–Crippen MR) is 115 cm³/mol. The summed E-state index contributed by atoms with van der Waals surface area (Å²) in [5.41, 5.74) is 0.812. The van der Waals surface area contributed by atoms with Crippen LogP contribution in [0.2, 0.25) is 0 Å². The maximum Gasteiger partial charge on any atom is 0.247 e. The van der Waals surface area contributed by atoms with Crippen LogP contribution in [0.1, 0.15) is 76.3 Å². The molecule has 0 radical (unpaired) electrons. The van der Waals surface area contributed by atoms with Gasteiger partial charge in [-0.1, -0.05) is 44.7 Å². The van der Waals surface area contributed by atoms with Crippen LogP contribution in [0.15, 0.2) is 24.3 Å². The summed E-state index contributed by atoms with van der Waals surface area (Å²) >= 11 is 5.90. The molecule has 1 atom stereocenters. The Morgan fingerprint density at radius 3 is 2.41 bits per heavy atom. The van der Waals surface area contributed by atoms with E-state index >= 15 is 0 Å². The molecular weight excluding hydrogens is 388 g/mol. The van der Waals surface area contributed by atoms with E-state index in [9.17, 15) is 9.59 Å². The first-order valence-corrected chi connectivity index (χ1v) is 11.6. The van der Waals surface area contributed by atoms with Gasteiger partial charge in [-0.15, -0.1) is 11.6 Å². The van der Waals surface area contributed by atoms with Crippen LogP contribution in [0.5, 0.6) is 5.75 Å². The van der Waals surface area contributed by atoms with Crippen LogP contribution in [0.4, 0.5) is 0 Å². The average molecular weight is 421 g/mol. The van der Waals surface area contributed by atoms with Crippen LogP contribution in [-0.4, -0.2) is 41.3 Å². The Morgan fingerprint density at radius 2 is 1.83 bits per heavy atom. The first-order chi connectivity index (χ1) is 14.1. The molecule has 1 aromatic rings. The first kappa shape index (κ1) is 21.9. The van der Waals surface area contributed by atoms with Crippen molar-refractivity contribution in [3.05, 3.63) is 29.8 Å². The van der Waals surface area contributed by atoms with Gasteiger partial charge >= 0.3 is 0 Å². The van der Waals surface area contributed by atoms with E-state index in [2.05, 4.69) is 12.2 Å². The van der Waals surface area contributed by atoms with E-state index in [1.807, 2.05) is 24.3 Å². The van der Waals surface area contributed by atoms with Gasteiger partial charge in [-0.05, 0) is 49.8 Å². The van der Waals surface area contributed by atoms with Crippen LogP contribution in [0, 0.1) is 0 Å². The van der Waals surface area contributed by atoms with Crippen molar-refractivity contribution in [2.75, 3.05) is 12.5 Å². The van der Waals surface area contributed by atoms with Gasteiger partial charge in [-0.3, -0.25) is 9.59 Å². The third-order valence-corrected chi connectivity index (χ3v) is 6.01. The Kier molecular flexibility index (Phi) is 8.22. The maximum absolute atomic E-state index is 13.3. The van der Waals surface area contributed by atoms with Gasteiger partial charge in [0.25, 0.3) is 0 Å². The van der Waals surface area contributed by atoms with Gasteiger partial charge in [0.15, 0.2) is 0 Å². The molecule has 0 saturated heterocycles. The number of benzene rings is 1. The van der Waals surface area contributed by atoms with Crippen molar-refractivity contribution >= 4 is 23.4 Å². The Morgan fingerprint density at radius 1 is 1.14 bits per heavy atom. The molecule has 0 unspecified atom stereocenters. The van der Waals surface area contributed by atoms with Gasteiger partial charge in [-0.2, -0.15) is 0 Å². The minimum absolute atomic E-state index is 0.0954. The molecule has 0 aromatic heterocycles. The molecule has 29 heavy (non-hydrogen) atoms. The summed E-state index contributed by atoms with van der Waals surface area (Å²) in [6, 6.07) is 7.25.